The van der Waals surface area contributed by atoms with Crippen LogP contribution in [0.3, 0.4) is 0 Å². The third kappa shape index (κ3) is 4.44. The largest absolute Gasteiger partial charge is 0.352 e. The van der Waals surface area contributed by atoms with Gasteiger partial charge in [-0.05, 0) is 43.7 Å². The van der Waals surface area contributed by atoms with Crippen LogP contribution >= 0.6 is 15.9 Å². The van der Waals surface area contributed by atoms with E-state index in [-0.39, 0.29) is 5.91 Å². The summed E-state index contributed by atoms with van der Waals surface area (Å²) in [4.78, 5) is 11.6. The minimum atomic E-state index is -0.0282. The molecule has 0 aromatic heterocycles. The van der Waals surface area contributed by atoms with Gasteiger partial charge >= 0.3 is 0 Å². The lowest BCUT2D eigenvalue weighted by molar-refractivity contribution is 0.0953. The minimum absolute atomic E-state index is 0.0282. The predicted octanol–water partition coefficient (Wildman–Crippen LogP) is 1.92. The number of benzene rings is 1. The van der Waals surface area contributed by atoms with Gasteiger partial charge in [-0.3, -0.25) is 4.79 Å². The van der Waals surface area contributed by atoms with Gasteiger partial charge in [0.15, 0.2) is 0 Å². The lowest BCUT2D eigenvalue weighted by Gasteiger charge is -2.04. The number of carbonyl (C=O) groups excluding carboxylic acids is 1. The Morgan fingerprint density at radius 2 is 1.93 bits per heavy atom. The number of hydrogen-bond donors (Lipinski definition) is 2. The Morgan fingerprint density at radius 3 is 2.53 bits per heavy atom. The van der Waals surface area contributed by atoms with Crippen LogP contribution in [-0.2, 0) is 0 Å². The summed E-state index contributed by atoms with van der Waals surface area (Å²) in [7, 11) is 0. The molecule has 0 radical (unpaired) electrons. The van der Waals surface area contributed by atoms with E-state index in [0.29, 0.717) is 18.7 Å². The Hall–Kier alpha value is -0.870. The van der Waals surface area contributed by atoms with Crippen molar-refractivity contribution in [1.82, 2.24) is 5.32 Å². The second-order valence-electron chi connectivity index (χ2n) is 3.26. The lowest BCUT2D eigenvalue weighted by Crippen LogP contribution is -2.24. The maximum atomic E-state index is 11.6. The van der Waals surface area contributed by atoms with Gasteiger partial charge in [0.1, 0.15) is 0 Å². The first-order valence-electron chi connectivity index (χ1n) is 4.98. The van der Waals surface area contributed by atoms with Crippen LogP contribution < -0.4 is 11.1 Å². The van der Waals surface area contributed by atoms with Crippen LogP contribution in [0.1, 0.15) is 23.2 Å². The molecule has 1 rings (SSSR count). The topological polar surface area (TPSA) is 55.1 Å². The summed E-state index contributed by atoms with van der Waals surface area (Å²) in [6.45, 7) is 1.36. The summed E-state index contributed by atoms with van der Waals surface area (Å²) in [5.41, 5.74) is 6.04. The molecule has 0 unspecified atom stereocenters. The Bertz CT molecular complexity index is 311. The number of hydrogen-bond acceptors (Lipinski definition) is 2. The molecule has 4 heteroatoms. The first-order chi connectivity index (χ1) is 7.24. The fourth-order valence-corrected chi connectivity index (χ4v) is 1.44. The van der Waals surface area contributed by atoms with Crippen molar-refractivity contribution >= 4 is 21.8 Å². The number of unbranched alkanes of at least 4 members (excludes halogenated alkanes) is 1. The highest BCUT2D eigenvalue weighted by molar-refractivity contribution is 9.10. The molecule has 0 aliphatic heterocycles. The van der Waals surface area contributed by atoms with E-state index >= 15 is 0 Å². The van der Waals surface area contributed by atoms with Crippen LogP contribution in [0.15, 0.2) is 28.7 Å². The third-order valence-electron chi connectivity index (χ3n) is 2.02. The van der Waals surface area contributed by atoms with Gasteiger partial charge in [-0.15, -0.1) is 0 Å². The average molecular weight is 271 g/mol. The van der Waals surface area contributed by atoms with Gasteiger partial charge in [-0.25, -0.2) is 0 Å². The molecular formula is C11H15BrN2O. The Morgan fingerprint density at radius 1 is 1.27 bits per heavy atom. The van der Waals surface area contributed by atoms with Crippen molar-refractivity contribution in [2.45, 2.75) is 12.8 Å². The van der Waals surface area contributed by atoms with E-state index < -0.39 is 0 Å². The normalized spacial score (nSPS) is 10.0. The van der Waals surface area contributed by atoms with Gasteiger partial charge in [-0.2, -0.15) is 0 Å². The Balaban J connectivity index is 2.37. The maximum Gasteiger partial charge on any atom is 0.251 e. The highest BCUT2D eigenvalue weighted by Crippen LogP contribution is 2.10. The van der Waals surface area contributed by atoms with Crippen molar-refractivity contribution in [3.8, 4) is 0 Å². The fraction of sp³-hybridized carbons (Fsp3) is 0.364. The summed E-state index contributed by atoms with van der Waals surface area (Å²) in [5, 5.41) is 2.84. The van der Waals surface area contributed by atoms with E-state index in [0.717, 1.165) is 17.3 Å². The molecule has 82 valence electrons. The quantitative estimate of drug-likeness (QED) is 0.804. The summed E-state index contributed by atoms with van der Waals surface area (Å²) in [5.74, 6) is -0.0282. The van der Waals surface area contributed by atoms with E-state index in [2.05, 4.69) is 21.2 Å². The summed E-state index contributed by atoms with van der Waals surface area (Å²) in [6.07, 6.45) is 1.87. The van der Waals surface area contributed by atoms with Gasteiger partial charge in [0.05, 0.1) is 0 Å². The SMILES string of the molecule is NCCCCNC(=O)c1ccc(Br)cc1. The summed E-state index contributed by atoms with van der Waals surface area (Å²) >= 11 is 3.32. The second kappa shape index (κ2) is 6.58. The molecule has 1 aromatic rings. The molecule has 3 nitrogen and oxygen atoms in total. The summed E-state index contributed by atoms with van der Waals surface area (Å²) < 4.78 is 0.974. The van der Waals surface area contributed by atoms with Crippen LogP contribution in [-0.4, -0.2) is 19.0 Å². The van der Waals surface area contributed by atoms with E-state index in [1.807, 2.05) is 12.1 Å². The number of halogens is 1. The zero-order chi connectivity index (χ0) is 11.1. The standard InChI is InChI=1S/C11H15BrN2O/c12-10-5-3-9(4-6-10)11(15)14-8-2-1-7-13/h3-6H,1-2,7-8,13H2,(H,14,15). The highest BCUT2D eigenvalue weighted by atomic mass is 79.9. The van der Waals surface area contributed by atoms with Crippen molar-refractivity contribution in [2.75, 3.05) is 13.1 Å². The zero-order valence-corrected chi connectivity index (χ0v) is 10.1. The van der Waals surface area contributed by atoms with Gasteiger partial charge in [0.25, 0.3) is 5.91 Å². The van der Waals surface area contributed by atoms with Crippen molar-refractivity contribution in [1.29, 1.82) is 0 Å². The molecule has 0 saturated heterocycles. The van der Waals surface area contributed by atoms with Crippen molar-refractivity contribution in [2.24, 2.45) is 5.73 Å². The minimum Gasteiger partial charge on any atom is -0.352 e. The first-order valence-corrected chi connectivity index (χ1v) is 5.77. The fourth-order valence-electron chi connectivity index (χ4n) is 1.17. The molecule has 0 bridgehead atoms. The van der Waals surface area contributed by atoms with Gasteiger partial charge in [0, 0.05) is 16.6 Å². The van der Waals surface area contributed by atoms with E-state index in [1.165, 1.54) is 0 Å². The van der Waals surface area contributed by atoms with Crippen molar-refractivity contribution in [3.05, 3.63) is 34.3 Å². The number of amides is 1. The molecule has 3 N–H and O–H groups in total. The summed E-state index contributed by atoms with van der Waals surface area (Å²) in [6, 6.07) is 7.30. The van der Waals surface area contributed by atoms with Crippen molar-refractivity contribution in [3.63, 3.8) is 0 Å². The average Bonchev–Trinajstić information content (AvgIpc) is 2.25. The van der Waals surface area contributed by atoms with Crippen LogP contribution in [0.2, 0.25) is 0 Å². The lowest BCUT2D eigenvalue weighted by atomic mass is 10.2. The molecule has 0 spiro atoms. The van der Waals surface area contributed by atoms with Gasteiger partial charge in [0.2, 0.25) is 0 Å². The van der Waals surface area contributed by atoms with Crippen molar-refractivity contribution < 1.29 is 4.79 Å². The van der Waals surface area contributed by atoms with E-state index in [9.17, 15) is 4.79 Å². The molecule has 15 heavy (non-hydrogen) atoms. The van der Waals surface area contributed by atoms with Crippen LogP contribution in [0.5, 0.6) is 0 Å². The molecule has 0 aliphatic rings. The first kappa shape index (κ1) is 12.2. The smallest absolute Gasteiger partial charge is 0.251 e. The molecule has 0 heterocycles. The van der Waals surface area contributed by atoms with Gasteiger partial charge < -0.3 is 11.1 Å². The molecular weight excluding hydrogens is 256 g/mol. The second-order valence-corrected chi connectivity index (χ2v) is 4.17. The number of nitrogens with two attached hydrogens (primary N) is 1. The zero-order valence-electron chi connectivity index (χ0n) is 8.50. The Labute approximate surface area is 98.2 Å². The molecule has 0 fully saturated rings. The Kier molecular flexibility index (Phi) is 5.36. The van der Waals surface area contributed by atoms with Crippen LogP contribution in [0.4, 0.5) is 0 Å². The molecule has 0 aliphatic carbocycles. The van der Waals surface area contributed by atoms with Gasteiger partial charge in [-0.1, -0.05) is 15.9 Å². The molecule has 0 saturated carbocycles. The number of carbonyl (C=O) groups is 1. The third-order valence-corrected chi connectivity index (χ3v) is 2.55. The maximum absolute atomic E-state index is 11.6. The van der Waals surface area contributed by atoms with E-state index in [4.69, 9.17) is 5.73 Å². The predicted molar refractivity (Wildman–Crippen MR) is 64.8 cm³/mol. The monoisotopic (exact) mass is 270 g/mol. The highest BCUT2D eigenvalue weighted by Gasteiger charge is 2.03. The van der Waals surface area contributed by atoms with E-state index in [1.54, 1.807) is 12.1 Å². The van der Waals surface area contributed by atoms with Crippen LogP contribution in [0, 0.1) is 0 Å². The number of rotatable bonds is 5. The molecule has 1 aromatic carbocycles. The molecule has 1 amide bonds. The molecule has 0 atom stereocenters. The van der Waals surface area contributed by atoms with Crippen LogP contribution in [0.25, 0.3) is 0 Å². The number of nitrogens with one attached hydrogen (secondary N) is 1.